The minimum atomic E-state index is -2.31. The molecule has 1 unspecified atom stereocenters. The molecule has 1 aliphatic heterocycles. The minimum Gasteiger partial charge on any atom is -0.253 e. The Hall–Kier alpha value is -0.830. The van der Waals surface area contributed by atoms with Crippen LogP contribution in [0.2, 0.25) is 0 Å². The van der Waals surface area contributed by atoms with E-state index in [1.165, 1.54) is 11.1 Å². The molecule has 0 bridgehead atoms. The van der Waals surface area contributed by atoms with Gasteiger partial charge in [0.1, 0.15) is 0 Å². The highest BCUT2D eigenvalue weighted by atomic mass is 32.2. The number of benzene rings is 1. The Morgan fingerprint density at radius 1 is 1.38 bits per heavy atom. The fourth-order valence-electron chi connectivity index (χ4n) is 1.73. The van der Waals surface area contributed by atoms with Crippen LogP contribution >= 0.6 is 0 Å². The van der Waals surface area contributed by atoms with E-state index in [1.807, 2.05) is 6.92 Å². The molecule has 0 aliphatic carbocycles. The van der Waals surface area contributed by atoms with Gasteiger partial charge in [0.05, 0.1) is 5.75 Å². The molecule has 0 amide bonds. The molecule has 0 saturated heterocycles. The molecule has 1 aromatic carbocycles. The third kappa shape index (κ3) is 1.75. The van der Waals surface area contributed by atoms with Crippen LogP contribution in [0, 0.1) is 11.7 Å². The van der Waals surface area contributed by atoms with E-state index < -0.39 is 9.73 Å². The van der Waals surface area contributed by atoms with Crippen molar-refractivity contribution in [1.82, 2.24) is 0 Å². The van der Waals surface area contributed by atoms with Crippen LogP contribution in [-0.4, -0.2) is 9.96 Å². The van der Waals surface area contributed by atoms with Gasteiger partial charge in [0.15, 0.2) is 0 Å². The molecule has 0 aromatic heterocycles. The van der Waals surface area contributed by atoms with Gasteiger partial charge < -0.3 is 0 Å². The number of nitrogens with one attached hydrogen (secondary N) is 1. The molecule has 1 N–H and O–H groups in total. The lowest BCUT2D eigenvalue weighted by atomic mass is 10.0. The normalized spacial score (nSPS) is 26.8. The number of aryl methyl sites for hydroxylation is 2. The number of hydrogen-bond acceptors (Lipinski definition) is 2. The Balaban J connectivity index is 2.50. The van der Waals surface area contributed by atoms with E-state index in [2.05, 4.69) is 18.2 Å². The quantitative estimate of drug-likeness (QED) is 0.676. The van der Waals surface area contributed by atoms with E-state index in [0.29, 0.717) is 11.5 Å². The second kappa shape index (κ2) is 2.84. The van der Waals surface area contributed by atoms with Gasteiger partial charge in [0, 0.05) is 15.5 Å². The average molecular weight is 195 g/mol. The lowest BCUT2D eigenvalue weighted by molar-refractivity contribution is 0.670. The number of hydrogen-bond donors (Lipinski definition) is 1. The maximum atomic E-state index is 11.5. The van der Waals surface area contributed by atoms with Gasteiger partial charge in [-0.15, -0.1) is 0 Å². The molecule has 3 heteroatoms. The van der Waals surface area contributed by atoms with E-state index in [9.17, 15) is 4.21 Å². The predicted molar refractivity (Wildman–Crippen MR) is 54.3 cm³/mol. The van der Waals surface area contributed by atoms with Gasteiger partial charge in [0.25, 0.3) is 0 Å². The van der Waals surface area contributed by atoms with E-state index in [0.717, 1.165) is 12.0 Å². The number of fused-ring (bicyclic) bond motifs is 1. The monoisotopic (exact) mass is 195 g/mol. The molecule has 1 heterocycles. The van der Waals surface area contributed by atoms with Crippen LogP contribution in [0.5, 0.6) is 0 Å². The van der Waals surface area contributed by atoms with E-state index in [-0.39, 0.29) is 0 Å². The maximum absolute atomic E-state index is 11.5. The second-order valence-electron chi connectivity index (χ2n) is 3.68. The van der Waals surface area contributed by atoms with E-state index in [1.54, 1.807) is 0 Å². The summed E-state index contributed by atoms with van der Waals surface area (Å²) in [5.41, 5.74) is 3.58. The fraction of sp³-hybridized carbons (Fsp3) is 0.400. The van der Waals surface area contributed by atoms with Crippen molar-refractivity contribution < 1.29 is 4.21 Å². The lowest BCUT2D eigenvalue weighted by Crippen LogP contribution is -2.17. The zero-order chi connectivity index (χ0) is 9.47. The highest BCUT2D eigenvalue weighted by Gasteiger charge is 2.17. The SMILES string of the molecule is Cc1ccc2c(c1)CS(=N)(=O)CC2. The van der Waals surface area contributed by atoms with Crippen molar-refractivity contribution in [3.63, 3.8) is 0 Å². The third-order valence-electron chi connectivity index (χ3n) is 2.45. The molecule has 0 fully saturated rings. The fourth-order valence-corrected chi connectivity index (χ4v) is 3.20. The van der Waals surface area contributed by atoms with Gasteiger partial charge in [-0.2, -0.15) is 0 Å². The highest BCUT2D eigenvalue weighted by molar-refractivity contribution is 7.91. The average Bonchev–Trinajstić information content (AvgIpc) is 2.01. The largest absolute Gasteiger partial charge is 0.253 e. The summed E-state index contributed by atoms with van der Waals surface area (Å²) in [6, 6.07) is 6.23. The van der Waals surface area contributed by atoms with Crippen molar-refractivity contribution >= 4 is 9.73 Å². The standard InChI is InChI=1S/C10H13NOS/c1-8-2-3-9-4-5-13(11,12)7-10(9)6-8/h2-3,6,11H,4-5,7H2,1H3. The second-order valence-corrected chi connectivity index (χ2v) is 6.00. The Kier molecular flexibility index (Phi) is 1.91. The minimum absolute atomic E-state index is 0.448. The zero-order valence-electron chi connectivity index (χ0n) is 7.67. The zero-order valence-corrected chi connectivity index (χ0v) is 8.49. The Morgan fingerprint density at radius 2 is 2.15 bits per heavy atom. The van der Waals surface area contributed by atoms with Crippen LogP contribution in [0.25, 0.3) is 0 Å². The molecule has 70 valence electrons. The number of rotatable bonds is 0. The van der Waals surface area contributed by atoms with E-state index in [4.69, 9.17) is 4.78 Å². The van der Waals surface area contributed by atoms with Crippen LogP contribution < -0.4 is 0 Å². The topological polar surface area (TPSA) is 40.9 Å². The first kappa shape index (κ1) is 8.75. The first-order valence-corrected chi connectivity index (χ1v) is 6.29. The molecular formula is C10H13NOS. The first-order chi connectivity index (χ1) is 6.07. The summed E-state index contributed by atoms with van der Waals surface area (Å²) in [5.74, 6) is 0.979. The Bertz CT molecular complexity index is 434. The first-order valence-electron chi connectivity index (χ1n) is 4.39. The molecule has 2 rings (SSSR count). The van der Waals surface area contributed by atoms with Gasteiger partial charge in [-0.05, 0) is 24.5 Å². The molecule has 0 spiro atoms. The summed E-state index contributed by atoms with van der Waals surface area (Å²) in [7, 11) is -2.31. The van der Waals surface area contributed by atoms with Crippen LogP contribution in [0.15, 0.2) is 18.2 Å². The van der Waals surface area contributed by atoms with Crippen molar-refractivity contribution in [2.24, 2.45) is 0 Å². The van der Waals surface area contributed by atoms with Crippen molar-refractivity contribution in [1.29, 1.82) is 4.78 Å². The molecule has 1 atom stereocenters. The van der Waals surface area contributed by atoms with Crippen molar-refractivity contribution in [3.05, 3.63) is 34.9 Å². The van der Waals surface area contributed by atoms with Gasteiger partial charge >= 0.3 is 0 Å². The van der Waals surface area contributed by atoms with E-state index >= 15 is 0 Å². The van der Waals surface area contributed by atoms with Crippen LogP contribution in [0.4, 0.5) is 0 Å². The predicted octanol–water partition coefficient (Wildman–Crippen LogP) is 2.10. The lowest BCUT2D eigenvalue weighted by Gasteiger charge is -2.18. The van der Waals surface area contributed by atoms with Crippen LogP contribution in [0.1, 0.15) is 16.7 Å². The highest BCUT2D eigenvalue weighted by Crippen LogP contribution is 2.21. The van der Waals surface area contributed by atoms with Gasteiger partial charge in [0.2, 0.25) is 0 Å². The summed E-state index contributed by atoms with van der Waals surface area (Å²) >= 11 is 0. The Labute approximate surface area is 79.0 Å². The summed E-state index contributed by atoms with van der Waals surface area (Å²) in [6.07, 6.45) is 0.804. The van der Waals surface area contributed by atoms with Crippen LogP contribution in [-0.2, 0) is 21.9 Å². The third-order valence-corrected chi connectivity index (χ3v) is 4.09. The molecular weight excluding hydrogens is 182 g/mol. The molecule has 13 heavy (non-hydrogen) atoms. The molecule has 0 saturated carbocycles. The van der Waals surface area contributed by atoms with Crippen molar-refractivity contribution in [2.45, 2.75) is 19.1 Å². The summed E-state index contributed by atoms with van der Waals surface area (Å²) in [4.78, 5) is 0. The summed E-state index contributed by atoms with van der Waals surface area (Å²) in [6.45, 7) is 2.03. The van der Waals surface area contributed by atoms with Gasteiger partial charge in [-0.25, -0.2) is 4.21 Å². The van der Waals surface area contributed by atoms with Crippen molar-refractivity contribution in [2.75, 3.05) is 5.75 Å². The smallest absolute Gasteiger partial charge is 0.0569 e. The van der Waals surface area contributed by atoms with Crippen molar-refractivity contribution in [3.8, 4) is 0 Å². The summed E-state index contributed by atoms with van der Waals surface area (Å²) in [5, 5.41) is 0. The van der Waals surface area contributed by atoms with Crippen LogP contribution in [0.3, 0.4) is 0 Å². The summed E-state index contributed by atoms with van der Waals surface area (Å²) < 4.78 is 19.1. The molecule has 1 aromatic rings. The van der Waals surface area contributed by atoms with Gasteiger partial charge in [-0.3, -0.25) is 4.78 Å². The Morgan fingerprint density at radius 3 is 2.92 bits per heavy atom. The molecule has 1 aliphatic rings. The molecule has 0 radical (unpaired) electrons. The molecule has 2 nitrogen and oxygen atoms in total. The maximum Gasteiger partial charge on any atom is 0.0569 e. The van der Waals surface area contributed by atoms with Gasteiger partial charge in [-0.1, -0.05) is 23.8 Å².